The fourth-order valence-electron chi connectivity index (χ4n) is 6.70. The lowest BCUT2D eigenvalue weighted by Gasteiger charge is -2.27. The molecule has 0 aliphatic carbocycles. The lowest BCUT2D eigenvalue weighted by atomic mass is 9.87. The van der Waals surface area contributed by atoms with Crippen molar-refractivity contribution in [3.8, 4) is 0 Å². The number of unbranched alkanes of at least 4 members (excludes halogenated alkanes) is 5. The standard InChI is InChI=1S/C34H42N4.ClH/c1-33(2)21-25-23-15-11-13-17-27(23)35-31(25)29(37-33)19-9-7-5-6-8-10-20-30-32-26(22-34(3,4)38-30)24-16-12-14-18-28(24)36-32;/h11-18,35-36H,5-10,19-22H2,1-4H3;1H. The predicted octanol–water partition coefficient (Wildman–Crippen LogP) is 9.14. The largest absolute Gasteiger partial charge is 0.353 e. The predicted molar refractivity (Wildman–Crippen MR) is 169 cm³/mol. The van der Waals surface area contributed by atoms with E-state index in [1.165, 1.54) is 94.3 Å². The molecule has 5 heteroatoms. The van der Waals surface area contributed by atoms with Crippen LogP contribution in [0.4, 0.5) is 0 Å². The minimum atomic E-state index is -0.0193. The van der Waals surface area contributed by atoms with Gasteiger partial charge in [0.25, 0.3) is 0 Å². The molecule has 0 fully saturated rings. The number of benzene rings is 2. The molecule has 2 aromatic carbocycles. The van der Waals surface area contributed by atoms with Crippen LogP contribution in [0.5, 0.6) is 0 Å². The first-order chi connectivity index (χ1) is 18.3. The van der Waals surface area contributed by atoms with E-state index in [0.717, 1.165) is 25.7 Å². The lowest BCUT2D eigenvalue weighted by molar-refractivity contribution is 0.509. The fourth-order valence-corrected chi connectivity index (χ4v) is 6.70. The van der Waals surface area contributed by atoms with E-state index in [1.54, 1.807) is 0 Å². The summed E-state index contributed by atoms with van der Waals surface area (Å²) in [7, 11) is 0. The molecule has 4 heterocycles. The first-order valence-electron chi connectivity index (χ1n) is 14.7. The van der Waals surface area contributed by atoms with Crippen LogP contribution in [0.25, 0.3) is 21.8 Å². The second-order valence-electron chi connectivity index (χ2n) is 12.8. The number of H-pyrrole nitrogens is 2. The van der Waals surface area contributed by atoms with Crippen LogP contribution in [0.3, 0.4) is 0 Å². The highest BCUT2D eigenvalue weighted by Gasteiger charge is 2.30. The van der Waals surface area contributed by atoms with Crippen LogP contribution in [0.2, 0.25) is 0 Å². The summed E-state index contributed by atoms with van der Waals surface area (Å²) in [6, 6.07) is 17.4. The van der Waals surface area contributed by atoms with Gasteiger partial charge in [-0.2, -0.15) is 0 Å². The molecule has 4 aromatic rings. The monoisotopic (exact) mass is 542 g/mol. The summed E-state index contributed by atoms with van der Waals surface area (Å²) in [6.07, 6.45) is 11.7. The van der Waals surface area contributed by atoms with Gasteiger partial charge in [0.1, 0.15) is 0 Å². The summed E-state index contributed by atoms with van der Waals surface area (Å²) in [6.45, 7) is 9.09. The molecule has 0 saturated carbocycles. The highest BCUT2D eigenvalue weighted by molar-refractivity contribution is 6.07. The molecule has 0 saturated heterocycles. The number of nitrogens with one attached hydrogen (secondary N) is 2. The maximum absolute atomic E-state index is 5.16. The van der Waals surface area contributed by atoms with E-state index in [9.17, 15) is 0 Å². The number of para-hydroxylation sites is 2. The van der Waals surface area contributed by atoms with Crippen LogP contribution >= 0.6 is 12.4 Å². The summed E-state index contributed by atoms with van der Waals surface area (Å²) in [5.74, 6) is 0. The van der Waals surface area contributed by atoms with Crippen LogP contribution in [0.15, 0.2) is 58.5 Å². The van der Waals surface area contributed by atoms with Crippen molar-refractivity contribution >= 4 is 45.6 Å². The van der Waals surface area contributed by atoms with Crippen molar-refractivity contribution in [3.05, 3.63) is 71.0 Å². The van der Waals surface area contributed by atoms with Crippen molar-refractivity contribution in [3.63, 3.8) is 0 Å². The smallest absolute Gasteiger partial charge is 0.0639 e. The molecule has 0 bridgehead atoms. The average Bonchev–Trinajstić information content (AvgIpc) is 3.43. The van der Waals surface area contributed by atoms with Gasteiger partial charge in [0.05, 0.1) is 33.9 Å². The van der Waals surface area contributed by atoms with Gasteiger partial charge < -0.3 is 9.97 Å². The Labute approximate surface area is 239 Å². The summed E-state index contributed by atoms with van der Waals surface area (Å²) in [4.78, 5) is 17.7. The molecule has 2 aliphatic rings. The maximum Gasteiger partial charge on any atom is 0.0639 e. The number of aromatic amines is 2. The third kappa shape index (κ3) is 5.72. The van der Waals surface area contributed by atoms with Crippen LogP contribution in [0, 0.1) is 0 Å². The van der Waals surface area contributed by atoms with Gasteiger partial charge in [0.15, 0.2) is 0 Å². The Morgan fingerprint density at radius 3 is 1.41 bits per heavy atom. The molecular weight excluding hydrogens is 500 g/mol. The van der Waals surface area contributed by atoms with Gasteiger partial charge >= 0.3 is 0 Å². The summed E-state index contributed by atoms with van der Waals surface area (Å²) >= 11 is 0. The Kier molecular flexibility index (Phi) is 7.79. The van der Waals surface area contributed by atoms with Crippen LogP contribution in [-0.4, -0.2) is 32.5 Å². The Balaban J connectivity index is 0.00000308. The van der Waals surface area contributed by atoms with E-state index in [2.05, 4.69) is 86.2 Å². The second kappa shape index (κ2) is 11.0. The van der Waals surface area contributed by atoms with E-state index < -0.39 is 0 Å². The number of aromatic nitrogens is 2. The lowest BCUT2D eigenvalue weighted by Crippen LogP contribution is -2.28. The van der Waals surface area contributed by atoms with Crippen LogP contribution in [-0.2, 0) is 12.8 Å². The Hall–Kier alpha value is -2.85. The van der Waals surface area contributed by atoms with Crippen molar-refractivity contribution in [2.24, 2.45) is 9.98 Å². The zero-order chi connectivity index (χ0) is 26.3. The quantitative estimate of drug-likeness (QED) is 0.198. The molecule has 0 amide bonds. The van der Waals surface area contributed by atoms with Gasteiger partial charge in [0.2, 0.25) is 0 Å². The van der Waals surface area contributed by atoms with Gasteiger partial charge in [-0.25, -0.2) is 0 Å². The first kappa shape index (κ1) is 27.7. The van der Waals surface area contributed by atoms with Crippen molar-refractivity contribution in [2.75, 3.05) is 0 Å². The number of rotatable bonds is 9. The molecular formula is C34H43ClN4. The number of aliphatic imine (C=N–C) groups is 2. The van der Waals surface area contributed by atoms with E-state index in [4.69, 9.17) is 9.98 Å². The number of hydrogen-bond donors (Lipinski definition) is 2. The summed E-state index contributed by atoms with van der Waals surface area (Å²) in [5, 5.41) is 2.74. The second-order valence-corrected chi connectivity index (χ2v) is 12.8. The molecule has 0 atom stereocenters. The Morgan fingerprint density at radius 2 is 0.974 bits per heavy atom. The normalized spacial score (nSPS) is 17.3. The molecule has 206 valence electrons. The van der Waals surface area contributed by atoms with Gasteiger partial charge in [-0.1, -0.05) is 62.1 Å². The molecule has 0 unspecified atom stereocenters. The summed E-state index contributed by atoms with van der Waals surface area (Å²) < 4.78 is 0. The Morgan fingerprint density at radius 1 is 0.590 bits per heavy atom. The minimum Gasteiger partial charge on any atom is -0.353 e. The van der Waals surface area contributed by atoms with E-state index in [-0.39, 0.29) is 23.5 Å². The SMILES string of the molecule is CC1(C)Cc2c([nH]c3ccccc23)C(CCCCCCCCC2=NC(C)(C)Cc3c2[nH]c2ccccc32)=N1.Cl. The third-order valence-corrected chi connectivity index (χ3v) is 8.38. The molecule has 4 nitrogen and oxygen atoms in total. The molecule has 6 rings (SSSR count). The zero-order valence-corrected chi connectivity index (χ0v) is 24.8. The molecule has 39 heavy (non-hydrogen) atoms. The number of hydrogen-bond acceptors (Lipinski definition) is 2. The van der Waals surface area contributed by atoms with Crippen LogP contribution < -0.4 is 0 Å². The number of fused-ring (bicyclic) bond motifs is 6. The van der Waals surface area contributed by atoms with Gasteiger partial charge in [0, 0.05) is 21.8 Å². The van der Waals surface area contributed by atoms with Crippen molar-refractivity contribution in [2.45, 2.75) is 103 Å². The molecule has 2 N–H and O–H groups in total. The van der Waals surface area contributed by atoms with E-state index in [1.807, 2.05) is 0 Å². The molecule has 2 aliphatic heterocycles. The maximum atomic E-state index is 5.16. The minimum absolute atomic E-state index is 0. The van der Waals surface area contributed by atoms with Crippen LogP contribution in [0.1, 0.15) is 102 Å². The summed E-state index contributed by atoms with van der Waals surface area (Å²) in [5.41, 5.74) is 10.5. The zero-order valence-electron chi connectivity index (χ0n) is 24.0. The van der Waals surface area contributed by atoms with Crippen molar-refractivity contribution in [1.82, 2.24) is 9.97 Å². The third-order valence-electron chi connectivity index (χ3n) is 8.38. The number of halogens is 1. The molecule has 0 spiro atoms. The first-order valence-corrected chi connectivity index (χ1v) is 14.7. The Bertz CT molecular complexity index is 1420. The van der Waals surface area contributed by atoms with Gasteiger partial charge in [-0.3, -0.25) is 9.98 Å². The van der Waals surface area contributed by atoms with Crippen molar-refractivity contribution in [1.29, 1.82) is 0 Å². The highest BCUT2D eigenvalue weighted by atomic mass is 35.5. The molecule has 0 radical (unpaired) electrons. The fraction of sp³-hybridized carbons (Fsp3) is 0.471. The average molecular weight is 543 g/mol. The van der Waals surface area contributed by atoms with E-state index in [0.29, 0.717) is 0 Å². The van der Waals surface area contributed by atoms with Crippen molar-refractivity contribution < 1.29 is 0 Å². The topological polar surface area (TPSA) is 56.3 Å². The molecule has 2 aromatic heterocycles. The van der Waals surface area contributed by atoms with E-state index >= 15 is 0 Å². The van der Waals surface area contributed by atoms with Gasteiger partial charge in [-0.05, 0) is 89.5 Å². The van der Waals surface area contributed by atoms with Gasteiger partial charge in [-0.15, -0.1) is 12.4 Å². The highest BCUT2D eigenvalue weighted by Crippen LogP contribution is 2.35. The number of nitrogens with zero attached hydrogens (tertiary/aromatic N) is 2.